The number of benzene rings is 2. The van der Waals surface area contributed by atoms with Crippen LogP contribution in [-0.4, -0.2) is 10.9 Å². The van der Waals surface area contributed by atoms with Crippen molar-refractivity contribution in [2.75, 3.05) is 5.32 Å². The quantitative estimate of drug-likeness (QED) is 0.773. The van der Waals surface area contributed by atoms with Gasteiger partial charge in [0.05, 0.1) is 10.2 Å². The van der Waals surface area contributed by atoms with Gasteiger partial charge in [-0.2, -0.15) is 0 Å². The third-order valence-electron chi connectivity index (χ3n) is 2.85. The molecule has 0 saturated heterocycles. The van der Waals surface area contributed by atoms with Gasteiger partial charge in [0.1, 0.15) is 5.82 Å². The summed E-state index contributed by atoms with van der Waals surface area (Å²) in [6, 6.07) is 11.5. The lowest BCUT2D eigenvalue weighted by molar-refractivity contribution is 0.102. The SMILES string of the molecule is Cc1ccc2nc(NC(=O)c3cccc(F)c3)sc2c1. The lowest BCUT2D eigenvalue weighted by Crippen LogP contribution is -2.11. The van der Waals surface area contributed by atoms with Gasteiger partial charge in [0, 0.05) is 5.56 Å². The summed E-state index contributed by atoms with van der Waals surface area (Å²) < 4.78 is 14.1. The van der Waals surface area contributed by atoms with Crippen molar-refractivity contribution in [1.82, 2.24) is 4.98 Å². The maximum Gasteiger partial charge on any atom is 0.257 e. The summed E-state index contributed by atoms with van der Waals surface area (Å²) in [5.41, 5.74) is 2.26. The molecule has 0 fully saturated rings. The molecule has 3 aromatic rings. The third kappa shape index (κ3) is 2.53. The molecule has 1 amide bonds. The van der Waals surface area contributed by atoms with E-state index in [1.54, 1.807) is 6.07 Å². The van der Waals surface area contributed by atoms with E-state index in [0.29, 0.717) is 5.13 Å². The Balaban J connectivity index is 1.87. The Kier molecular flexibility index (Phi) is 3.20. The Labute approximate surface area is 119 Å². The molecule has 0 atom stereocenters. The van der Waals surface area contributed by atoms with Crippen LogP contribution in [0.1, 0.15) is 15.9 Å². The van der Waals surface area contributed by atoms with Crippen molar-refractivity contribution in [1.29, 1.82) is 0 Å². The third-order valence-corrected chi connectivity index (χ3v) is 3.78. The fraction of sp³-hybridized carbons (Fsp3) is 0.0667. The van der Waals surface area contributed by atoms with Crippen molar-refractivity contribution in [3.8, 4) is 0 Å². The number of aromatic nitrogens is 1. The van der Waals surface area contributed by atoms with Gasteiger partial charge in [-0.3, -0.25) is 10.1 Å². The largest absolute Gasteiger partial charge is 0.298 e. The molecule has 3 rings (SSSR count). The minimum atomic E-state index is -0.433. The van der Waals surface area contributed by atoms with E-state index in [9.17, 15) is 9.18 Å². The second kappa shape index (κ2) is 5.02. The fourth-order valence-electron chi connectivity index (χ4n) is 1.88. The van der Waals surface area contributed by atoms with Crippen molar-refractivity contribution in [2.45, 2.75) is 6.92 Å². The minimum Gasteiger partial charge on any atom is -0.298 e. The highest BCUT2D eigenvalue weighted by Gasteiger charge is 2.10. The van der Waals surface area contributed by atoms with Crippen LogP contribution in [-0.2, 0) is 0 Å². The highest BCUT2D eigenvalue weighted by atomic mass is 32.1. The molecule has 0 unspecified atom stereocenters. The Morgan fingerprint density at radius 3 is 2.90 bits per heavy atom. The summed E-state index contributed by atoms with van der Waals surface area (Å²) in [6.45, 7) is 2.00. The Bertz CT molecular complexity index is 797. The molecule has 100 valence electrons. The zero-order valence-electron chi connectivity index (χ0n) is 10.7. The summed E-state index contributed by atoms with van der Waals surface area (Å²) in [6.07, 6.45) is 0. The number of aryl methyl sites for hydroxylation is 1. The monoisotopic (exact) mass is 286 g/mol. The van der Waals surface area contributed by atoms with Crippen LogP contribution in [0, 0.1) is 12.7 Å². The molecule has 2 aromatic carbocycles. The molecule has 1 aromatic heterocycles. The first-order valence-corrected chi connectivity index (χ1v) is 6.87. The van der Waals surface area contributed by atoms with E-state index in [1.165, 1.54) is 29.5 Å². The average molecular weight is 286 g/mol. The molecule has 0 aliphatic heterocycles. The Morgan fingerprint density at radius 1 is 1.25 bits per heavy atom. The number of carbonyl (C=O) groups excluding carboxylic acids is 1. The van der Waals surface area contributed by atoms with E-state index in [0.717, 1.165) is 15.8 Å². The summed E-state index contributed by atoms with van der Waals surface area (Å²) in [4.78, 5) is 16.3. The van der Waals surface area contributed by atoms with Crippen LogP contribution >= 0.6 is 11.3 Å². The average Bonchev–Trinajstić information content (AvgIpc) is 2.80. The standard InChI is InChI=1S/C15H11FN2OS/c1-9-5-6-12-13(7-9)20-15(17-12)18-14(19)10-3-2-4-11(16)8-10/h2-8H,1H3,(H,17,18,19). The van der Waals surface area contributed by atoms with Crippen molar-refractivity contribution in [2.24, 2.45) is 0 Å². The molecule has 1 heterocycles. The first-order valence-electron chi connectivity index (χ1n) is 6.06. The predicted molar refractivity (Wildman–Crippen MR) is 78.7 cm³/mol. The molecule has 20 heavy (non-hydrogen) atoms. The molecular weight excluding hydrogens is 275 g/mol. The van der Waals surface area contributed by atoms with E-state index in [4.69, 9.17) is 0 Å². The van der Waals surface area contributed by atoms with Gasteiger partial charge >= 0.3 is 0 Å². The molecular formula is C15H11FN2OS. The smallest absolute Gasteiger partial charge is 0.257 e. The zero-order chi connectivity index (χ0) is 14.1. The summed E-state index contributed by atoms with van der Waals surface area (Å²) in [5.74, 6) is -0.794. The van der Waals surface area contributed by atoms with Gasteiger partial charge in [-0.1, -0.05) is 23.5 Å². The normalized spacial score (nSPS) is 10.7. The van der Waals surface area contributed by atoms with E-state index in [2.05, 4.69) is 10.3 Å². The molecule has 0 bridgehead atoms. The molecule has 0 spiro atoms. The summed E-state index contributed by atoms with van der Waals surface area (Å²) >= 11 is 1.40. The highest BCUT2D eigenvalue weighted by Crippen LogP contribution is 2.27. The zero-order valence-corrected chi connectivity index (χ0v) is 11.5. The number of fused-ring (bicyclic) bond motifs is 1. The van der Waals surface area contributed by atoms with Crippen LogP contribution in [0.4, 0.5) is 9.52 Å². The van der Waals surface area contributed by atoms with Crippen molar-refractivity contribution >= 4 is 32.6 Å². The molecule has 5 heteroatoms. The maximum absolute atomic E-state index is 13.1. The number of thiazole rings is 1. The van der Waals surface area contributed by atoms with Gasteiger partial charge in [0.25, 0.3) is 5.91 Å². The fourth-order valence-corrected chi connectivity index (χ4v) is 2.84. The second-order valence-corrected chi connectivity index (χ2v) is 5.49. The van der Waals surface area contributed by atoms with Crippen molar-refractivity contribution < 1.29 is 9.18 Å². The maximum atomic E-state index is 13.1. The van der Waals surface area contributed by atoms with Gasteiger partial charge in [0.15, 0.2) is 5.13 Å². The van der Waals surface area contributed by atoms with Gasteiger partial charge in [-0.15, -0.1) is 0 Å². The van der Waals surface area contributed by atoms with Crippen LogP contribution in [0.2, 0.25) is 0 Å². The first kappa shape index (κ1) is 12.7. The number of nitrogens with one attached hydrogen (secondary N) is 1. The van der Waals surface area contributed by atoms with Crippen LogP contribution in [0.25, 0.3) is 10.2 Å². The Hall–Kier alpha value is -2.27. The topological polar surface area (TPSA) is 42.0 Å². The van der Waals surface area contributed by atoms with E-state index in [1.807, 2.05) is 25.1 Å². The number of rotatable bonds is 2. The second-order valence-electron chi connectivity index (χ2n) is 4.45. The number of hydrogen-bond donors (Lipinski definition) is 1. The van der Waals surface area contributed by atoms with E-state index >= 15 is 0 Å². The number of anilines is 1. The molecule has 0 radical (unpaired) electrons. The van der Waals surface area contributed by atoms with Crippen molar-refractivity contribution in [3.63, 3.8) is 0 Å². The van der Waals surface area contributed by atoms with E-state index in [-0.39, 0.29) is 11.5 Å². The number of amides is 1. The predicted octanol–water partition coefficient (Wildman–Crippen LogP) is 4.00. The summed E-state index contributed by atoms with van der Waals surface area (Å²) in [5, 5.41) is 3.21. The lowest BCUT2D eigenvalue weighted by atomic mass is 10.2. The Morgan fingerprint density at radius 2 is 2.10 bits per heavy atom. The van der Waals surface area contributed by atoms with Gasteiger partial charge < -0.3 is 0 Å². The number of nitrogens with zero attached hydrogens (tertiary/aromatic N) is 1. The first-order chi connectivity index (χ1) is 9.61. The summed E-state index contributed by atoms with van der Waals surface area (Å²) in [7, 11) is 0. The molecule has 3 nitrogen and oxygen atoms in total. The van der Waals surface area contributed by atoms with Crippen molar-refractivity contribution in [3.05, 3.63) is 59.4 Å². The molecule has 1 N–H and O–H groups in total. The highest BCUT2D eigenvalue weighted by molar-refractivity contribution is 7.22. The van der Waals surface area contributed by atoms with Crippen LogP contribution in [0.5, 0.6) is 0 Å². The van der Waals surface area contributed by atoms with Gasteiger partial charge in [-0.05, 0) is 42.8 Å². The van der Waals surface area contributed by atoms with Gasteiger partial charge in [-0.25, -0.2) is 9.37 Å². The van der Waals surface area contributed by atoms with Crippen LogP contribution in [0.3, 0.4) is 0 Å². The van der Waals surface area contributed by atoms with E-state index < -0.39 is 5.82 Å². The number of carbonyl (C=O) groups is 1. The minimum absolute atomic E-state index is 0.278. The van der Waals surface area contributed by atoms with Crippen LogP contribution in [0.15, 0.2) is 42.5 Å². The van der Waals surface area contributed by atoms with Gasteiger partial charge in [0.2, 0.25) is 0 Å². The number of halogens is 1. The molecule has 0 saturated carbocycles. The molecule has 0 aliphatic rings. The lowest BCUT2D eigenvalue weighted by Gasteiger charge is -2.00. The van der Waals surface area contributed by atoms with Crippen LogP contribution < -0.4 is 5.32 Å². The number of hydrogen-bond acceptors (Lipinski definition) is 3. The molecule has 0 aliphatic carbocycles.